The first-order valence-electron chi connectivity index (χ1n) is 8.03. The maximum atomic E-state index is 11.5. The molecule has 0 heterocycles. The van der Waals surface area contributed by atoms with Gasteiger partial charge in [-0.15, -0.1) is 0 Å². The largest absolute Gasteiger partial charge is 0.493 e. The number of hydrogen-bond donors (Lipinski definition) is 0. The van der Waals surface area contributed by atoms with Gasteiger partial charge in [-0.3, -0.25) is 4.79 Å². The minimum atomic E-state index is -0.226. The van der Waals surface area contributed by atoms with Crippen molar-refractivity contribution >= 4 is 45.1 Å². The molecule has 0 bridgehead atoms. The van der Waals surface area contributed by atoms with Gasteiger partial charge in [0, 0.05) is 26.5 Å². The lowest BCUT2D eigenvalue weighted by molar-refractivity contribution is -0.143. The maximum absolute atomic E-state index is 11.5. The summed E-state index contributed by atoms with van der Waals surface area (Å²) in [5, 5.41) is 1.12. The molecule has 0 aliphatic heterocycles. The highest BCUT2D eigenvalue weighted by molar-refractivity contribution is 9.10. The Bertz CT molecular complexity index is 780. The number of carbonyl (C=O) groups is 1. The van der Waals surface area contributed by atoms with Crippen LogP contribution in [0.4, 0.5) is 0 Å². The standard InChI is InChI=1S/C19H19BrCl2O4/c1-3-25-19(23)7-5-12-8-17(24-2)18(10-15(12)20)26-11-13-4-6-14(21)9-16(13)22/h4,6,8-10H,3,5,7,11H2,1-2H3. The predicted molar refractivity (Wildman–Crippen MR) is 106 cm³/mol. The van der Waals surface area contributed by atoms with Gasteiger partial charge >= 0.3 is 5.97 Å². The highest BCUT2D eigenvalue weighted by Gasteiger charge is 2.13. The van der Waals surface area contributed by atoms with Crippen LogP contribution in [0.2, 0.25) is 10.0 Å². The van der Waals surface area contributed by atoms with E-state index in [-0.39, 0.29) is 12.6 Å². The van der Waals surface area contributed by atoms with Crippen LogP contribution in [-0.4, -0.2) is 19.7 Å². The van der Waals surface area contributed by atoms with E-state index in [9.17, 15) is 4.79 Å². The molecule has 2 aromatic rings. The second kappa shape index (κ2) is 10.0. The summed E-state index contributed by atoms with van der Waals surface area (Å²) in [5.41, 5.74) is 1.76. The average Bonchev–Trinajstić information content (AvgIpc) is 2.60. The zero-order chi connectivity index (χ0) is 19.1. The van der Waals surface area contributed by atoms with Gasteiger partial charge in [0.15, 0.2) is 11.5 Å². The Morgan fingerprint density at radius 2 is 1.88 bits per heavy atom. The van der Waals surface area contributed by atoms with Crippen LogP contribution in [0.3, 0.4) is 0 Å². The number of benzene rings is 2. The van der Waals surface area contributed by atoms with E-state index < -0.39 is 0 Å². The molecule has 0 N–H and O–H groups in total. The summed E-state index contributed by atoms with van der Waals surface area (Å²) < 4.78 is 17.1. The molecule has 0 radical (unpaired) electrons. The first-order valence-corrected chi connectivity index (χ1v) is 9.58. The summed E-state index contributed by atoms with van der Waals surface area (Å²) in [6, 6.07) is 8.93. The lowest BCUT2D eigenvalue weighted by Crippen LogP contribution is -2.06. The molecule has 7 heteroatoms. The Morgan fingerprint density at radius 3 is 2.54 bits per heavy atom. The van der Waals surface area contributed by atoms with Crippen LogP contribution < -0.4 is 9.47 Å². The zero-order valence-electron chi connectivity index (χ0n) is 14.5. The summed E-state index contributed by atoms with van der Waals surface area (Å²) in [6.45, 7) is 2.44. The van der Waals surface area contributed by atoms with Gasteiger partial charge in [0.1, 0.15) is 6.61 Å². The molecule has 2 rings (SSSR count). The van der Waals surface area contributed by atoms with E-state index in [1.165, 1.54) is 0 Å². The van der Waals surface area contributed by atoms with Gasteiger partial charge in [-0.05, 0) is 43.2 Å². The molecule has 0 amide bonds. The number of rotatable bonds is 8. The van der Waals surface area contributed by atoms with Crippen molar-refractivity contribution in [1.29, 1.82) is 0 Å². The van der Waals surface area contributed by atoms with E-state index in [1.54, 1.807) is 26.2 Å². The SMILES string of the molecule is CCOC(=O)CCc1cc(OC)c(OCc2ccc(Cl)cc2Cl)cc1Br. The minimum absolute atomic E-state index is 0.226. The fraction of sp³-hybridized carbons (Fsp3) is 0.316. The summed E-state index contributed by atoms with van der Waals surface area (Å²) >= 11 is 15.6. The third kappa shape index (κ3) is 5.79. The average molecular weight is 462 g/mol. The Balaban J connectivity index is 2.11. The van der Waals surface area contributed by atoms with Crippen LogP contribution in [0.15, 0.2) is 34.8 Å². The van der Waals surface area contributed by atoms with E-state index >= 15 is 0 Å². The van der Waals surface area contributed by atoms with E-state index in [1.807, 2.05) is 18.2 Å². The molecule has 2 aromatic carbocycles. The first-order chi connectivity index (χ1) is 12.4. The van der Waals surface area contributed by atoms with Crippen LogP contribution in [0.25, 0.3) is 0 Å². The Morgan fingerprint density at radius 1 is 1.12 bits per heavy atom. The third-order valence-corrected chi connectivity index (χ3v) is 4.96. The Labute approximate surface area is 171 Å². The number of aryl methyl sites for hydroxylation is 1. The van der Waals surface area contributed by atoms with Gasteiger partial charge in [0.25, 0.3) is 0 Å². The molecule has 0 atom stereocenters. The van der Waals surface area contributed by atoms with Gasteiger partial charge in [0.2, 0.25) is 0 Å². The van der Waals surface area contributed by atoms with Gasteiger partial charge in [0.05, 0.1) is 13.7 Å². The van der Waals surface area contributed by atoms with Crippen molar-refractivity contribution in [2.45, 2.75) is 26.4 Å². The summed E-state index contributed by atoms with van der Waals surface area (Å²) in [5.74, 6) is 0.929. The third-order valence-electron chi connectivity index (χ3n) is 3.63. The van der Waals surface area contributed by atoms with Crippen LogP contribution in [0.5, 0.6) is 11.5 Å². The van der Waals surface area contributed by atoms with Gasteiger partial charge in [-0.1, -0.05) is 45.2 Å². The summed E-state index contributed by atoms with van der Waals surface area (Å²) in [4.78, 5) is 11.5. The summed E-state index contributed by atoms with van der Waals surface area (Å²) in [6.07, 6.45) is 0.843. The number of hydrogen-bond acceptors (Lipinski definition) is 4. The minimum Gasteiger partial charge on any atom is -0.493 e. The summed E-state index contributed by atoms with van der Waals surface area (Å²) in [7, 11) is 1.57. The van der Waals surface area contributed by atoms with Crippen molar-refractivity contribution in [2.75, 3.05) is 13.7 Å². The number of carbonyl (C=O) groups excluding carboxylic acids is 1. The normalized spacial score (nSPS) is 10.5. The molecule has 0 aliphatic carbocycles. The second-order valence-electron chi connectivity index (χ2n) is 5.42. The molecule has 4 nitrogen and oxygen atoms in total. The first kappa shape index (κ1) is 20.9. The van der Waals surface area contributed by atoms with Gasteiger partial charge < -0.3 is 14.2 Å². The fourth-order valence-corrected chi connectivity index (χ4v) is 3.29. The highest BCUT2D eigenvalue weighted by atomic mass is 79.9. The van der Waals surface area contributed by atoms with E-state index in [2.05, 4.69) is 15.9 Å². The molecule has 0 aliphatic rings. The molecular weight excluding hydrogens is 443 g/mol. The number of methoxy groups -OCH3 is 1. The van der Waals surface area contributed by atoms with Crippen LogP contribution >= 0.6 is 39.1 Å². The van der Waals surface area contributed by atoms with Gasteiger partial charge in [-0.2, -0.15) is 0 Å². The molecular formula is C19H19BrCl2O4. The fourth-order valence-electron chi connectivity index (χ4n) is 2.31. The molecule has 0 saturated carbocycles. The second-order valence-corrected chi connectivity index (χ2v) is 7.12. The van der Waals surface area contributed by atoms with Crippen LogP contribution in [0.1, 0.15) is 24.5 Å². The van der Waals surface area contributed by atoms with E-state index in [0.29, 0.717) is 41.0 Å². The number of halogens is 3. The predicted octanol–water partition coefficient (Wildman–Crippen LogP) is 5.84. The van der Waals surface area contributed by atoms with Crippen LogP contribution in [0, 0.1) is 0 Å². The Kier molecular flexibility index (Phi) is 8.07. The highest BCUT2D eigenvalue weighted by Crippen LogP contribution is 2.35. The number of ether oxygens (including phenoxy) is 3. The van der Waals surface area contributed by atoms with Crippen molar-refractivity contribution in [3.05, 3.63) is 56.0 Å². The van der Waals surface area contributed by atoms with E-state index in [0.717, 1.165) is 15.6 Å². The molecule has 26 heavy (non-hydrogen) atoms. The lowest BCUT2D eigenvalue weighted by atomic mass is 10.1. The lowest BCUT2D eigenvalue weighted by Gasteiger charge is -2.14. The monoisotopic (exact) mass is 460 g/mol. The molecule has 140 valence electrons. The van der Waals surface area contributed by atoms with Gasteiger partial charge in [-0.25, -0.2) is 0 Å². The van der Waals surface area contributed by atoms with Crippen molar-refractivity contribution in [1.82, 2.24) is 0 Å². The quantitative estimate of drug-likeness (QED) is 0.463. The van der Waals surface area contributed by atoms with Crippen molar-refractivity contribution in [3.8, 4) is 11.5 Å². The molecule has 0 aromatic heterocycles. The number of esters is 1. The van der Waals surface area contributed by atoms with Crippen molar-refractivity contribution in [3.63, 3.8) is 0 Å². The van der Waals surface area contributed by atoms with Crippen molar-refractivity contribution < 1.29 is 19.0 Å². The van der Waals surface area contributed by atoms with Crippen LogP contribution in [-0.2, 0) is 22.6 Å². The molecule has 0 fully saturated rings. The topological polar surface area (TPSA) is 44.8 Å². The maximum Gasteiger partial charge on any atom is 0.306 e. The molecule has 0 spiro atoms. The smallest absolute Gasteiger partial charge is 0.306 e. The molecule has 0 unspecified atom stereocenters. The zero-order valence-corrected chi connectivity index (χ0v) is 17.6. The Hall–Kier alpha value is -1.43. The molecule has 0 saturated heterocycles. The van der Waals surface area contributed by atoms with Crippen molar-refractivity contribution in [2.24, 2.45) is 0 Å². The van der Waals surface area contributed by atoms with E-state index in [4.69, 9.17) is 37.4 Å².